The van der Waals surface area contributed by atoms with E-state index in [9.17, 15) is 0 Å². The summed E-state index contributed by atoms with van der Waals surface area (Å²) in [6.07, 6.45) is -1.93. The van der Waals surface area contributed by atoms with Crippen molar-refractivity contribution in [1.29, 1.82) is 0 Å². The summed E-state index contributed by atoms with van der Waals surface area (Å²) < 4.78 is 33.6. The van der Waals surface area contributed by atoms with Crippen molar-refractivity contribution in [2.75, 3.05) is 19.8 Å². The normalized spacial score (nSPS) is 21.0. The minimum atomic E-state index is -1.93. The van der Waals surface area contributed by atoms with Crippen LogP contribution in [0.5, 0.6) is 0 Å². The molecule has 1 radical (unpaired) electrons. The van der Waals surface area contributed by atoms with E-state index < -0.39 is 6.15 Å². The Balaban J connectivity index is 0.00000103. The Morgan fingerprint density at radius 2 is 0.970 bits per heavy atom. The van der Waals surface area contributed by atoms with E-state index in [4.69, 9.17) is 38.5 Å². The van der Waals surface area contributed by atoms with Crippen molar-refractivity contribution >= 4 is 29.0 Å². The second-order valence-electron chi connectivity index (χ2n) is 9.93. The molecule has 0 amide bonds. The number of benzene rings is 1. The Morgan fingerprint density at radius 3 is 1.21 bits per heavy atom. The molecule has 3 aliphatic rings. The van der Waals surface area contributed by atoms with Gasteiger partial charge in [0.25, 0.3) is 6.15 Å². The summed E-state index contributed by atoms with van der Waals surface area (Å²) in [5.74, 6) is 1.80. The first-order chi connectivity index (χ1) is 15.0. The van der Waals surface area contributed by atoms with Gasteiger partial charge in [-0.25, -0.2) is 0 Å². The first kappa shape index (κ1) is 28.8. The number of ether oxygens (including phenoxy) is 3. The third-order valence-electron chi connectivity index (χ3n) is 5.37. The smallest absolute Gasteiger partial charge is 0 e. The molecule has 0 fully saturated rings. The summed E-state index contributed by atoms with van der Waals surface area (Å²) in [5, 5.41) is 0. The van der Waals surface area contributed by atoms with Crippen LogP contribution in [0, 0.1) is 13.3 Å². The quantitative estimate of drug-likeness (QED) is 0.333. The molecule has 0 aromatic heterocycles. The van der Waals surface area contributed by atoms with Crippen molar-refractivity contribution in [1.82, 2.24) is 0 Å². The molecular weight excluding hydrogens is 512 g/mol. The van der Waals surface area contributed by atoms with Gasteiger partial charge in [0.05, 0.1) is 16.6 Å². The molecule has 0 atom stereocenters. The average Bonchev–Trinajstić information content (AvgIpc) is 3.43. The standard InChI is InChI=1S/C21H29BN3O3.2CO.Rh/c1-19(2)12-26-16(23-19)22(15-10-8-7-9-11-15,17-24-20(3,4)13-27-17)18-25-21(5,6)14-28-18;2*1-2;/h7-11H,12-14H2,1-6H3;;;/q-1;;;. The Bertz CT molecular complexity index is 878. The fourth-order valence-electron chi connectivity index (χ4n) is 3.99. The second-order valence-corrected chi connectivity index (χ2v) is 9.93. The summed E-state index contributed by atoms with van der Waals surface area (Å²) >= 11 is 0. The molecular formula is C23H29BN3O5Rh-. The van der Waals surface area contributed by atoms with E-state index in [2.05, 4.69) is 67.0 Å². The Morgan fingerprint density at radius 1 is 0.667 bits per heavy atom. The Kier molecular flexibility index (Phi) is 9.45. The zero-order chi connectivity index (χ0) is 24.2. The molecule has 0 spiro atoms. The number of hydrogen-bond donors (Lipinski definition) is 0. The van der Waals surface area contributed by atoms with Crippen LogP contribution in [0.15, 0.2) is 45.3 Å². The monoisotopic (exact) mass is 541 g/mol. The fourth-order valence-corrected chi connectivity index (χ4v) is 3.99. The molecule has 0 unspecified atom stereocenters. The van der Waals surface area contributed by atoms with Gasteiger partial charge >= 0.3 is 22.6 Å². The van der Waals surface area contributed by atoms with Crippen LogP contribution in [-0.4, -0.2) is 60.0 Å². The summed E-state index contributed by atoms with van der Waals surface area (Å²) in [6.45, 7) is 22.9. The van der Waals surface area contributed by atoms with Gasteiger partial charge in [0.15, 0.2) is 0 Å². The van der Waals surface area contributed by atoms with E-state index in [1.807, 2.05) is 18.2 Å². The van der Waals surface area contributed by atoms with Crippen molar-refractivity contribution in [3.63, 3.8) is 0 Å². The van der Waals surface area contributed by atoms with Gasteiger partial charge in [-0.3, -0.25) is 15.0 Å². The number of aliphatic imine (C=N–C) groups is 3. The third kappa shape index (κ3) is 5.84. The van der Waals surface area contributed by atoms with E-state index in [1.165, 1.54) is 0 Å². The molecule has 8 nitrogen and oxygen atoms in total. The van der Waals surface area contributed by atoms with Crippen LogP contribution >= 0.6 is 0 Å². The summed E-state index contributed by atoms with van der Waals surface area (Å²) in [7, 11) is 0. The molecule has 3 heterocycles. The maximum absolute atomic E-state index is 7.50. The summed E-state index contributed by atoms with van der Waals surface area (Å²) in [6, 6.07) is 10.1. The number of nitrogens with zero attached hydrogens (tertiary/aromatic N) is 3. The molecule has 4 rings (SSSR count). The van der Waals surface area contributed by atoms with Crippen molar-refractivity contribution < 1.29 is 43.0 Å². The van der Waals surface area contributed by atoms with Gasteiger partial charge in [0.1, 0.15) is 19.8 Å². The van der Waals surface area contributed by atoms with Crippen molar-refractivity contribution in [3.8, 4) is 0 Å². The van der Waals surface area contributed by atoms with Crippen LogP contribution in [0.2, 0.25) is 0 Å². The van der Waals surface area contributed by atoms with Crippen LogP contribution in [0.25, 0.3) is 0 Å². The molecule has 0 saturated heterocycles. The first-order valence-corrected chi connectivity index (χ1v) is 10.4. The van der Waals surface area contributed by atoms with Crippen molar-refractivity contribution in [2.45, 2.75) is 58.2 Å². The van der Waals surface area contributed by atoms with Gasteiger partial charge in [-0.15, -0.1) is 0 Å². The van der Waals surface area contributed by atoms with Crippen LogP contribution in [0.3, 0.4) is 0 Å². The zero-order valence-corrected chi connectivity index (χ0v) is 21.4. The minimum absolute atomic E-state index is 0. The molecule has 0 aliphatic carbocycles. The van der Waals surface area contributed by atoms with Gasteiger partial charge in [-0.05, 0) is 41.5 Å². The fraction of sp³-hybridized carbons (Fsp3) is 0.522. The van der Waals surface area contributed by atoms with E-state index in [0.29, 0.717) is 37.2 Å². The van der Waals surface area contributed by atoms with E-state index in [0.717, 1.165) is 5.46 Å². The van der Waals surface area contributed by atoms with Crippen molar-refractivity contribution in [2.24, 2.45) is 15.0 Å². The summed E-state index contributed by atoms with van der Waals surface area (Å²) in [4.78, 5) is 14.9. The predicted octanol–water partition coefficient (Wildman–Crippen LogP) is 2.50. The molecule has 0 bridgehead atoms. The molecule has 10 heteroatoms. The number of rotatable bonds is 4. The molecule has 0 saturated carbocycles. The van der Waals surface area contributed by atoms with E-state index >= 15 is 0 Å². The van der Waals surface area contributed by atoms with Gasteiger partial charge in [-0.1, -0.05) is 30.3 Å². The maximum atomic E-state index is 7.50. The molecule has 179 valence electrons. The Hall–Kier alpha value is -2.20. The van der Waals surface area contributed by atoms with Gasteiger partial charge in [-0.2, -0.15) is 5.46 Å². The number of hydrogen-bond acceptors (Lipinski definition) is 6. The molecule has 1 aromatic carbocycles. The maximum Gasteiger partial charge on any atom is 0 e. The summed E-state index contributed by atoms with van der Waals surface area (Å²) in [5.41, 5.74) is 0.0355. The largest absolute Gasteiger partial charge is 0 e. The van der Waals surface area contributed by atoms with Crippen LogP contribution in [0.1, 0.15) is 41.5 Å². The molecule has 3 aliphatic heterocycles. The zero-order valence-electron chi connectivity index (χ0n) is 19.8. The average molecular weight is 541 g/mol. The predicted molar refractivity (Wildman–Crippen MR) is 122 cm³/mol. The van der Waals surface area contributed by atoms with Gasteiger partial charge < -0.3 is 14.2 Å². The molecule has 1 aromatic rings. The van der Waals surface area contributed by atoms with Crippen molar-refractivity contribution in [3.05, 3.63) is 43.6 Å². The van der Waals surface area contributed by atoms with Gasteiger partial charge in [0.2, 0.25) is 0 Å². The topological polar surface area (TPSA) is 105 Å². The van der Waals surface area contributed by atoms with E-state index in [-0.39, 0.29) is 36.1 Å². The third-order valence-corrected chi connectivity index (χ3v) is 5.37. The molecule has 0 N–H and O–H groups in total. The van der Waals surface area contributed by atoms with Crippen LogP contribution < -0.4 is 5.46 Å². The Labute approximate surface area is 208 Å². The first-order valence-electron chi connectivity index (χ1n) is 10.4. The second kappa shape index (κ2) is 10.8. The van der Waals surface area contributed by atoms with Gasteiger partial charge in [0, 0.05) is 36.9 Å². The molecule has 33 heavy (non-hydrogen) atoms. The SMILES string of the molecule is CC1(C)COC([B-](C2=NC(C)(C)CO2)(C2=NC(C)(C)CO2)c2ccccc2)=N1.[C-]#[O+].[C-]#[O+].[Rh]. The van der Waals surface area contributed by atoms with Crippen LogP contribution in [0.4, 0.5) is 0 Å². The minimum Gasteiger partial charge on any atom is 0 e. The van der Waals surface area contributed by atoms with Crippen LogP contribution in [-0.2, 0) is 43.0 Å². The van der Waals surface area contributed by atoms with E-state index in [1.54, 1.807) is 0 Å².